The van der Waals surface area contributed by atoms with Crippen LogP contribution in [0.1, 0.15) is 110 Å². The van der Waals surface area contributed by atoms with E-state index in [1.165, 1.54) is 19.3 Å². The molecule has 10 nitrogen and oxygen atoms in total. The summed E-state index contributed by atoms with van der Waals surface area (Å²) in [6.07, 6.45) is 11.0. The van der Waals surface area contributed by atoms with E-state index in [0.29, 0.717) is 43.5 Å². The van der Waals surface area contributed by atoms with Crippen molar-refractivity contribution in [1.82, 2.24) is 15.1 Å². The summed E-state index contributed by atoms with van der Waals surface area (Å²) in [5.74, 6) is 0.698. The summed E-state index contributed by atoms with van der Waals surface area (Å²) < 4.78 is 17.4. The van der Waals surface area contributed by atoms with Crippen molar-refractivity contribution in [1.29, 1.82) is 0 Å². The molecule has 2 fully saturated rings. The van der Waals surface area contributed by atoms with E-state index in [-0.39, 0.29) is 36.0 Å². The van der Waals surface area contributed by atoms with Gasteiger partial charge in [0.1, 0.15) is 24.5 Å². The average molecular weight is 613 g/mol. The zero-order valence-electron chi connectivity index (χ0n) is 27.4. The van der Waals surface area contributed by atoms with Gasteiger partial charge in [0.15, 0.2) is 0 Å². The Balaban J connectivity index is 1.37. The molecule has 0 aromatic heterocycles. The lowest BCUT2D eigenvalue weighted by Crippen LogP contribution is -2.48. The number of carbonyl (C=O) groups is 3. The molecule has 2 saturated carbocycles. The fourth-order valence-corrected chi connectivity index (χ4v) is 5.87. The second kappa shape index (κ2) is 15.6. The van der Waals surface area contributed by atoms with Crippen molar-refractivity contribution in [2.24, 2.45) is 10.4 Å². The average Bonchev–Trinajstić information content (AvgIpc) is 2.99. The second-order valence-corrected chi connectivity index (χ2v) is 13.6. The van der Waals surface area contributed by atoms with Crippen LogP contribution in [0.3, 0.4) is 0 Å². The first-order chi connectivity index (χ1) is 21.0. The smallest absolute Gasteiger partial charge is 0.414 e. The highest BCUT2D eigenvalue weighted by molar-refractivity contribution is 5.97. The Bertz CT molecular complexity index is 1170. The molecule has 0 saturated heterocycles. The summed E-state index contributed by atoms with van der Waals surface area (Å²) in [5.41, 5.74) is 1.34. The molecule has 44 heavy (non-hydrogen) atoms. The molecule has 1 unspecified atom stereocenters. The molecule has 1 heterocycles. The normalized spacial score (nSPS) is 18.5. The Kier molecular flexibility index (Phi) is 11.9. The minimum atomic E-state index is -0.566. The Morgan fingerprint density at radius 2 is 1.73 bits per heavy atom. The van der Waals surface area contributed by atoms with Crippen molar-refractivity contribution >= 4 is 29.6 Å². The first kappa shape index (κ1) is 33.6. The molecule has 3 aliphatic rings. The number of nitrogens with one attached hydrogen (secondary N) is 1. The number of hydrogen-bond acceptors (Lipinski definition) is 8. The van der Waals surface area contributed by atoms with Crippen molar-refractivity contribution in [3.63, 3.8) is 0 Å². The Morgan fingerprint density at radius 1 is 1.05 bits per heavy atom. The molecule has 244 valence electrons. The molecule has 1 aromatic rings. The zero-order chi connectivity index (χ0) is 31.7. The number of nitrogens with zero attached hydrogens (tertiary/aromatic N) is 3. The van der Waals surface area contributed by atoms with Gasteiger partial charge in [-0.25, -0.2) is 9.79 Å². The fourth-order valence-electron chi connectivity index (χ4n) is 5.87. The maximum Gasteiger partial charge on any atom is 0.414 e. The molecule has 2 amide bonds. The first-order valence-corrected chi connectivity index (χ1v) is 16.5. The van der Waals surface area contributed by atoms with Gasteiger partial charge in [0.2, 0.25) is 11.9 Å². The van der Waals surface area contributed by atoms with Crippen LogP contribution < -0.4 is 10.1 Å². The van der Waals surface area contributed by atoms with Crippen LogP contribution in [0.2, 0.25) is 0 Å². The summed E-state index contributed by atoms with van der Waals surface area (Å²) in [7, 11) is 1.92. The zero-order valence-corrected chi connectivity index (χ0v) is 27.4. The minimum absolute atomic E-state index is 0.0793. The quantitative estimate of drug-likeness (QED) is 0.238. The minimum Gasteiger partial charge on any atom is -0.494 e. The van der Waals surface area contributed by atoms with Crippen LogP contribution in [0.15, 0.2) is 23.2 Å². The number of hydrogen-bond donors (Lipinski definition) is 1. The predicted octanol–water partition coefficient (Wildman–Crippen LogP) is 6.48. The lowest BCUT2D eigenvalue weighted by atomic mass is 9.90. The molecule has 10 heteroatoms. The molecule has 4 rings (SSSR count). The highest BCUT2D eigenvalue weighted by Crippen LogP contribution is 2.30. The Hall–Kier alpha value is -3.30. The lowest BCUT2D eigenvalue weighted by molar-refractivity contribution is -0.153. The highest BCUT2D eigenvalue weighted by Gasteiger charge is 2.29. The highest BCUT2D eigenvalue weighted by atomic mass is 16.6. The van der Waals surface area contributed by atoms with Gasteiger partial charge in [0.25, 0.3) is 0 Å². The third kappa shape index (κ3) is 9.86. The molecule has 0 radical (unpaired) electrons. The third-order valence-corrected chi connectivity index (χ3v) is 9.15. The van der Waals surface area contributed by atoms with Gasteiger partial charge in [-0.2, -0.15) is 0 Å². The molecule has 1 N–H and O–H groups in total. The number of carbonyl (C=O) groups excluding carboxylic acids is 3. The van der Waals surface area contributed by atoms with Crippen LogP contribution in [0.5, 0.6) is 5.75 Å². The molecular weight excluding hydrogens is 560 g/mol. The molecule has 1 aliphatic heterocycles. The number of esters is 1. The standard InChI is InChI=1S/C34H52N4O6/c1-24(34(2,3)4)43-31(40)23-38-22-25-21-28(42-20-12-17-30(39)37(5)26-13-8-6-9-14-26)18-19-29(25)35-32(38)36-33(41)44-27-15-10-7-11-16-27/h18-19,21,24,26-27H,6-17,20,22-23H2,1-5H3,(H,35,36,41). The number of alkyl carbamates (subject to hydrolysis) is 1. The summed E-state index contributed by atoms with van der Waals surface area (Å²) in [5, 5.41) is 2.79. The predicted molar refractivity (Wildman–Crippen MR) is 170 cm³/mol. The lowest BCUT2D eigenvalue weighted by Gasteiger charge is -2.32. The molecular formula is C34H52N4O6. The monoisotopic (exact) mass is 612 g/mol. The maximum atomic E-state index is 13.0. The van der Waals surface area contributed by atoms with Crippen molar-refractivity contribution in [3.8, 4) is 5.75 Å². The van der Waals surface area contributed by atoms with Gasteiger partial charge in [0, 0.05) is 31.6 Å². The van der Waals surface area contributed by atoms with Crippen molar-refractivity contribution < 1.29 is 28.6 Å². The Morgan fingerprint density at radius 3 is 2.41 bits per heavy atom. The summed E-state index contributed by atoms with van der Waals surface area (Å²) in [6, 6.07) is 5.95. The van der Waals surface area contributed by atoms with Crippen molar-refractivity contribution in [2.45, 2.75) is 130 Å². The SMILES string of the molecule is CC(OC(=O)CN1Cc2cc(OCCCC(=O)N(C)C3CCCCC3)ccc2N=C1NC(=O)OC1CCCCC1)C(C)(C)C. The van der Waals surface area contributed by atoms with Crippen LogP contribution in [0, 0.1) is 5.41 Å². The van der Waals surface area contributed by atoms with Crippen molar-refractivity contribution in [2.75, 3.05) is 20.2 Å². The topological polar surface area (TPSA) is 110 Å². The van der Waals surface area contributed by atoms with Crippen LogP contribution >= 0.6 is 0 Å². The van der Waals surface area contributed by atoms with Gasteiger partial charge >= 0.3 is 12.1 Å². The van der Waals surface area contributed by atoms with Gasteiger partial charge in [0.05, 0.1) is 12.3 Å². The van der Waals surface area contributed by atoms with Crippen LogP contribution in [0.25, 0.3) is 0 Å². The third-order valence-electron chi connectivity index (χ3n) is 9.15. The van der Waals surface area contributed by atoms with Gasteiger partial charge in [-0.15, -0.1) is 0 Å². The number of amides is 2. The van der Waals surface area contributed by atoms with E-state index in [1.54, 1.807) is 4.90 Å². The van der Waals surface area contributed by atoms with E-state index < -0.39 is 12.1 Å². The molecule has 0 spiro atoms. The first-order valence-electron chi connectivity index (χ1n) is 16.5. The number of guanidine groups is 1. The van der Waals surface area contributed by atoms with Gasteiger partial charge in [-0.3, -0.25) is 14.9 Å². The number of rotatable bonds is 10. The number of ether oxygens (including phenoxy) is 3. The number of fused-ring (bicyclic) bond motifs is 1. The van der Waals surface area contributed by atoms with Gasteiger partial charge in [-0.05, 0) is 75.5 Å². The van der Waals surface area contributed by atoms with Gasteiger partial charge < -0.3 is 24.0 Å². The van der Waals surface area contributed by atoms with Crippen LogP contribution in [-0.4, -0.2) is 72.2 Å². The molecule has 1 atom stereocenters. The van der Waals surface area contributed by atoms with E-state index in [9.17, 15) is 14.4 Å². The Labute approximate surface area is 262 Å². The van der Waals surface area contributed by atoms with E-state index in [1.807, 2.05) is 57.8 Å². The summed E-state index contributed by atoms with van der Waals surface area (Å²) in [6.45, 7) is 8.61. The molecule has 0 bridgehead atoms. The second-order valence-electron chi connectivity index (χ2n) is 13.6. The summed E-state index contributed by atoms with van der Waals surface area (Å²) >= 11 is 0. The van der Waals surface area contributed by atoms with E-state index in [0.717, 1.165) is 50.5 Å². The number of benzene rings is 1. The van der Waals surface area contributed by atoms with Gasteiger partial charge in [-0.1, -0.05) is 46.5 Å². The van der Waals surface area contributed by atoms with Crippen molar-refractivity contribution in [3.05, 3.63) is 23.8 Å². The molecule has 2 aliphatic carbocycles. The van der Waals surface area contributed by atoms with E-state index in [4.69, 9.17) is 14.2 Å². The molecule has 1 aromatic carbocycles. The van der Waals surface area contributed by atoms with E-state index in [2.05, 4.69) is 10.3 Å². The number of aliphatic imine (C=N–C) groups is 1. The van der Waals surface area contributed by atoms with Crippen LogP contribution in [0.4, 0.5) is 10.5 Å². The van der Waals surface area contributed by atoms with E-state index >= 15 is 0 Å². The van der Waals surface area contributed by atoms with Crippen LogP contribution in [-0.2, 0) is 25.6 Å². The fraction of sp³-hybridized carbons (Fsp3) is 0.706. The summed E-state index contributed by atoms with van der Waals surface area (Å²) in [4.78, 5) is 46.8. The maximum absolute atomic E-state index is 13.0. The largest absolute Gasteiger partial charge is 0.494 e.